The Labute approximate surface area is 333 Å². The molecule has 4 saturated carbocycles. The van der Waals surface area contributed by atoms with Crippen LogP contribution in [-0.4, -0.2) is 83.8 Å². The van der Waals surface area contributed by atoms with Gasteiger partial charge in [0.15, 0.2) is 24.6 Å². The first-order valence-corrected chi connectivity index (χ1v) is 20.7. The van der Waals surface area contributed by atoms with E-state index in [1.807, 2.05) is 6.92 Å². The second kappa shape index (κ2) is 16.1. The quantitative estimate of drug-likeness (QED) is 0.101. The van der Waals surface area contributed by atoms with E-state index in [1.165, 1.54) is 33.3 Å². The summed E-state index contributed by atoms with van der Waals surface area (Å²) in [6.45, 7) is 21.9. The van der Waals surface area contributed by atoms with Crippen LogP contribution in [0.5, 0.6) is 0 Å². The third-order valence-corrected chi connectivity index (χ3v) is 15.4. The van der Waals surface area contributed by atoms with Crippen LogP contribution in [0.2, 0.25) is 0 Å². The Kier molecular flexibility index (Phi) is 12.7. The molecular weight excluding hydrogens is 720 g/mol. The number of rotatable bonds is 11. The minimum atomic E-state index is -1.35. The molecule has 0 spiro atoms. The maximum absolute atomic E-state index is 13.4. The van der Waals surface area contributed by atoms with Gasteiger partial charge in [0, 0.05) is 39.5 Å². The number of carbonyl (C=O) groups excluding carboxylic acids is 5. The number of ketones is 1. The molecule has 0 amide bonds. The molecule has 1 aliphatic heterocycles. The largest absolute Gasteiger partial charge is 0.463 e. The number of allylic oxidation sites excluding steroid dienone is 2. The number of Topliss-reactive ketones (excluding diaryl/α,β-unsaturated/α-hetero) is 1. The molecule has 316 valence electrons. The molecule has 0 radical (unpaired) electrons. The molecule has 1 heterocycles. The molecule has 5 rings (SSSR count). The zero-order valence-corrected chi connectivity index (χ0v) is 35.9. The molecule has 4 aliphatic carbocycles. The van der Waals surface area contributed by atoms with Crippen molar-refractivity contribution in [2.24, 2.45) is 45.3 Å². The van der Waals surface area contributed by atoms with Gasteiger partial charge in [0.1, 0.15) is 18.5 Å². The molecule has 0 bridgehead atoms. The van der Waals surface area contributed by atoms with Crippen LogP contribution in [0, 0.1) is 45.3 Å². The normalized spacial score (nSPS) is 41.1. The Morgan fingerprint density at radius 1 is 0.804 bits per heavy atom. The van der Waals surface area contributed by atoms with Crippen LogP contribution >= 0.6 is 0 Å². The van der Waals surface area contributed by atoms with Gasteiger partial charge in [-0.1, -0.05) is 46.3 Å². The van der Waals surface area contributed by atoms with E-state index in [4.69, 9.17) is 28.4 Å². The number of aliphatic hydroxyl groups is 1. The van der Waals surface area contributed by atoms with Gasteiger partial charge >= 0.3 is 23.9 Å². The van der Waals surface area contributed by atoms with Crippen LogP contribution in [0.25, 0.3) is 0 Å². The van der Waals surface area contributed by atoms with Gasteiger partial charge in [-0.05, 0) is 112 Å². The van der Waals surface area contributed by atoms with Crippen LogP contribution in [0.4, 0.5) is 0 Å². The highest BCUT2D eigenvalue weighted by molar-refractivity contribution is 5.85. The van der Waals surface area contributed by atoms with Crippen LogP contribution in [0.15, 0.2) is 11.6 Å². The summed E-state index contributed by atoms with van der Waals surface area (Å²) in [7, 11) is 0. The highest BCUT2D eigenvalue weighted by Gasteiger charge is 2.72. The molecule has 1 saturated heterocycles. The van der Waals surface area contributed by atoms with E-state index in [1.54, 1.807) is 0 Å². The van der Waals surface area contributed by atoms with Gasteiger partial charge < -0.3 is 33.5 Å². The van der Waals surface area contributed by atoms with Crippen molar-refractivity contribution >= 4 is 29.7 Å². The minimum absolute atomic E-state index is 0.132. The van der Waals surface area contributed by atoms with Gasteiger partial charge in [-0.2, -0.15) is 0 Å². The molecule has 0 aromatic carbocycles. The van der Waals surface area contributed by atoms with Crippen LogP contribution < -0.4 is 0 Å². The molecule has 12 heteroatoms. The number of hydrogen-bond acceptors (Lipinski definition) is 12. The first kappa shape index (κ1) is 44.3. The third kappa shape index (κ3) is 8.09. The predicted octanol–water partition coefficient (Wildman–Crippen LogP) is 6.82. The lowest BCUT2D eigenvalue weighted by molar-refractivity contribution is -0.337. The van der Waals surface area contributed by atoms with Crippen LogP contribution in [0.3, 0.4) is 0 Å². The number of carbonyl (C=O) groups is 5. The molecule has 12 nitrogen and oxygen atoms in total. The summed E-state index contributed by atoms with van der Waals surface area (Å²) in [5, 5.41) is 12.4. The zero-order chi connectivity index (χ0) is 41.8. The standard InChI is InChI=1S/C44H68O12/c1-24(2)14-13-18-44(12,50)29-15-20-43(11)35(29)30(22-33-41(9)19-17-34(49)40(7,8)32(41)16-21-42(33,43)10)55-39-38(54-28(6)48)37(53-27(5)47)36(52-26(4)46)31(56-39)23-51-25(3)45/h14,29-33,35-39,50H,13,15-23H2,1-12H3/t29-,30+,31+,32-,33+,35-,36+,37-,38+,39+,41-,42+,43+,44-/m0/s1. The summed E-state index contributed by atoms with van der Waals surface area (Å²) in [6.07, 6.45) is 1.87. The lowest BCUT2D eigenvalue weighted by Crippen LogP contribution is -2.68. The van der Waals surface area contributed by atoms with E-state index in [9.17, 15) is 29.1 Å². The minimum Gasteiger partial charge on any atom is -0.463 e. The highest BCUT2D eigenvalue weighted by atomic mass is 16.7. The van der Waals surface area contributed by atoms with Crippen molar-refractivity contribution in [3.05, 3.63) is 11.6 Å². The van der Waals surface area contributed by atoms with Crippen molar-refractivity contribution in [1.29, 1.82) is 0 Å². The van der Waals surface area contributed by atoms with Crippen molar-refractivity contribution in [2.75, 3.05) is 6.61 Å². The van der Waals surface area contributed by atoms with E-state index in [0.717, 1.165) is 38.5 Å². The van der Waals surface area contributed by atoms with E-state index in [-0.39, 0.29) is 46.5 Å². The van der Waals surface area contributed by atoms with Crippen molar-refractivity contribution < 1.29 is 57.5 Å². The lowest BCUT2D eigenvalue weighted by atomic mass is 9.35. The topological polar surface area (TPSA) is 161 Å². The first-order chi connectivity index (χ1) is 25.9. The van der Waals surface area contributed by atoms with Gasteiger partial charge in [0.05, 0.1) is 11.7 Å². The average molecular weight is 789 g/mol. The summed E-state index contributed by atoms with van der Waals surface area (Å²) >= 11 is 0. The molecule has 56 heavy (non-hydrogen) atoms. The van der Waals surface area contributed by atoms with Gasteiger partial charge in [0.25, 0.3) is 0 Å². The maximum Gasteiger partial charge on any atom is 0.303 e. The molecule has 0 unspecified atom stereocenters. The molecular formula is C44H68O12. The van der Waals surface area contributed by atoms with Gasteiger partial charge in [-0.15, -0.1) is 0 Å². The second-order valence-corrected chi connectivity index (χ2v) is 19.5. The van der Waals surface area contributed by atoms with Crippen LogP contribution in [-0.2, 0) is 52.4 Å². The predicted molar refractivity (Wildman–Crippen MR) is 206 cm³/mol. The number of hydrogen-bond donors (Lipinski definition) is 1. The first-order valence-electron chi connectivity index (χ1n) is 20.7. The molecule has 1 N–H and O–H groups in total. The average Bonchev–Trinajstić information content (AvgIpc) is 3.45. The summed E-state index contributed by atoms with van der Waals surface area (Å²) in [4.78, 5) is 63.3. The monoisotopic (exact) mass is 788 g/mol. The van der Waals surface area contributed by atoms with Crippen molar-refractivity contribution in [3.63, 3.8) is 0 Å². The Morgan fingerprint density at radius 3 is 1.98 bits per heavy atom. The SMILES string of the molecule is CC(=O)OC[C@H]1O[C@@H](O[C@@H]2C[C@@H]3[C@@]4(C)CCC(=O)C(C)(C)[C@@H]4CC[C@@]3(C)[C@]3(C)CC[C@H]([C@@](C)(O)CCC=C(C)C)[C@@H]23)[C@H](OC(C)=O)[C@@H](OC(C)=O)[C@@H]1OC(C)=O. The molecule has 0 aromatic heterocycles. The third-order valence-electron chi connectivity index (χ3n) is 15.4. The second-order valence-electron chi connectivity index (χ2n) is 19.5. The summed E-state index contributed by atoms with van der Waals surface area (Å²) in [6, 6.07) is 0. The molecule has 14 atom stereocenters. The van der Waals surface area contributed by atoms with Crippen molar-refractivity contribution in [3.8, 4) is 0 Å². The van der Waals surface area contributed by atoms with Gasteiger partial charge in [-0.3, -0.25) is 24.0 Å². The molecule has 5 fully saturated rings. The highest BCUT2D eigenvalue weighted by Crippen LogP contribution is 2.76. The fourth-order valence-electron chi connectivity index (χ4n) is 12.7. The van der Waals surface area contributed by atoms with Crippen molar-refractivity contribution in [1.82, 2.24) is 0 Å². The van der Waals surface area contributed by atoms with Gasteiger partial charge in [-0.25, -0.2) is 0 Å². The number of fused-ring (bicyclic) bond motifs is 5. The Morgan fingerprint density at radius 2 is 1.39 bits per heavy atom. The number of esters is 4. The summed E-state index contributed by atoms with van der Waals surface area (Å²) in [5.74, 6) is -2.40. The van der Waals surface area contributed by atoms with Crippen molar-refractivity contribution in [2.45, 2.75) is 183 Å². The van der Waals surface area contributed by atoms with E-state index >= 15 is 0 Å². The Balaban J connectivity index is 1.64. The molecule has 0 aromatic rings. The Bertz CT molecular complexity index is 1560. The fourth-order valence-corrected chi connectivity index (χ4v) is 12.7. The molecule has 5 aliphatic rings. The smallest absolute Gasteiger partial charge is 0.303 e. The fraction of sp³-hybridized carbons (Fsp3) is 0.841. The number of ether oxygens (including phenoxy) is 6. The summed E-state index contributed by atoms with van der Waals surface area (Å²) in [5.41, 5.74) is -0.968. The van der Waals surface area contributed by atoms with E-state index in [2.05, 4.69) is 54.5 Å². The van der Waals surface area contributed by atoms with Crippen LogP contribution in [0.1, 0.15) is 141 Å². The van der Waals surface area contributed by atoms with E-state index in [0.29, 0.717) is 25.0 Å². The zero-order valence-electron chi connectivity index (χ0n) is 35.9. The van der Waals surface area contributed by atoms with Gasteiger partial charge in [0.2, 0.25) is 0 Å². The Hall–Kier alpha value is -2.83. The van der Waals surface area contributed by atoms with E-state index < -0.39 is 71.7 Å². The maximum atomic E-state index is 13.4. The lowest BCUT2D eigenvalue weighted by Gasteiger charge is -2.70. The summed E-state index contributed by atoms with van der Waals surface area (Å²) < 4.78 is 36.4.